The van der Waals surface area contributed by atoms with Gasteiger partial charge in [0, 0.05) is 21.6 Å². The topological polar surface area (TPSA) is 22.1 Å². The summed E-state index contributed by atoms with van der Waals surface area (Å²) in [6.07, 6.45) is 1.90. The van der Waals surface area contributed by atoms with E-state index in [0.717, 1.165) is 32.3 Å². The number of fused-ring (bicyclic) bond motifs is 1. The van der Waals surface area contributed by atoms with Crippen LogP contribution < -0.4 is 4.74 Å². The van der Waals surface area contributed by atoms with E-state index >= 15 is 0 Å². The van der Waals surface area contributed by atoms with Crippen LogP contribution in [0.1, 0.15) is 0 Å². The molecule has 0 spiro atoms. The fourth-order valence-electron chi connectivity index (χ4n) is 2.04. The summed E-state index contributed by atoms with van der Waals surface area (Å²) in [6.45, 7) is 0. The standard InChI is InChI=1S/C16H12BrNO/c1-19-15-5-2-11(3-6-15)13-8-12-9-14(17)4-7-16(12)18-10-13/h2-10H,1H3. The van der Waals surface area contributed by atoms with Gasteiger partial charge in [-0.25, -0.2) is 0 Å². The summed E-state index contributed by atoms with van der Waals surface area (Å²) in [5, 5.41) is 1.13. The Kier molecular flexibility index (Phi) is 3.22. The molecule has 3 aromatic rings. The second kappa shape index (κ2) is 5.02. The summed E-state index contributed by atoms with van der Waals surface area (Å²) in [7, 11) is 1.67. The van der Waals surface area contributed by atoms with Crippen LogP contribution >= 0.6 is 15.9 Å². The SMILES string of the molecule is COc1ccc(-c2cnc3ccc(Br)cc3c2)cc1. The van der Waals surface area contributed by atoms with Crippen LogP contribution in [0.25, 0.3) is 22.0 Å². The van der Waals surface area contributed by atoms with E-state index in [9.17, 15) is 0 Å². The summed E-state index contributed by atoms with van der Waals surface area (Å²) in [6, 6.07) is 16.2. The zero-order valence-electron chi connectivity index (χ0n) is 10.4. The van der Waals surface area contributed by atoms with E-state index in [0.29, 0.717) is 0 Å². The number of hydrogen-bond donors (Lipinski definition) is 0. The molecular weight excluding hydrogens is 302 g/mol. The second-order valence-electron chi connectivity index (χ2n) is 4.29. The van der Waals surface area contributed by atoms with Gasteiger partial charge in [-0.3, -0.25) is 4.98 Å². The molecule has 1 aromatic heterocycles. The molecule has 0 amide bonds. The molecule has 0 radical (unpaired) electrons. The summed E-state index contributed by atoms with van der Waals surface area (Å²) < 4.78 is 6.23. The average molecular weight is 314 g/mol. The van der Waals surface area contributed by atoms with Crippen LogP contribution in [-0.2, 0) is 0 Å². The van der Waals surface area contributed by atoms with E-state index in [2.05, 4.69) is 33.0 Å². The molecule has 0 aliphatic rings. The number of benzene rings is 2. The van der Waals surface area contributed by atoms with E-state index in [1.165, 1.54) is 0 Å². The molecule has 2 aromatic carbocycles. The molecule has 0 fully saturated rings. The Morgan fingerprint density at radius 1 is 0.947 bits per heavy atom. The first kappa shape index (κ1) is 12.2. The zero-order chi connectivity index (χ0) is 13.2. The molecule has 3 rings (SSSR count). The van der Waals surface area contributed by atoms with Gasteiger partial charge in [-0.15, -0.1) is 0 Å². The molecule has 0 unspecified atom stereocenters. The lowest BCUT2D eigenvalue weighted by Gasteiger charge is -2.05. The smallest absolute Gasteiger partial charge is 0.118 e. The van der Waals surface area contributed by atoms with Crippen LogP contribution in [0, 0.1) is 0 Å². The lowest BCUT2D eigenvalue weighted by atomic mass is 10.1. The summed E-state index contributed by atoms with van der Waals surface area (Å²) in [5.74, 6) is 0.861. The molecule has 94 valence electrons. The van der Waals surface area contributed by atoms with E-state index in [-0.39, 0.29) is 0 Å². The Bertz CT molecular complexity index is 722. The maximum Gasteiger partial charge on any atom is 0.118 e. The molecule has 0 saturated heterocycles. The van der Waals surface area contributed by atoms with Crippen LogP contribution in [0.2, 0.25) is 0 Å². The monoisotopic (exact) mass is 313 g/mol. The van der Waals surface area contributed by atoms with Crippen LogP contribution in [0.5, 0.6) is 5.75 Å². The van der Waals surface area contributed by atoms with Crippen molar-refractivity contribution in [2.75, 3.05) is 7.11 Å². The highest BCUT2D eigenvalue weighted by Gasteiger charge is 2.02. The molecule has 19 heavy (non-hydrogen) atoms. The number of nitrogens with zero attached hydrogens (tertiary/aromatic N) is 1. The Morgan fingerprint density at radius 3 is 2.47 bits per heavy atom. The lowest BCUT2D eigenvalue weighted by molar-refractivity contribution is 0.415. The van der Waals surface area contributed by atoms with Gasteiger partial charge >= 0.3 is 0 Å². The van der Waals surface area contributed by atoms with Gasteiger partial charge < -0.3 is 4.74 Å². The van der Waals surface area contributed by atoms with Crippen LogP contribution in [0.15, 0.2) is 59.2 Å². The van der Waals surface area contributed by atoms with Crippen molar-refractivity contribution in [3.05, 3.63) is 59.2 Å². The van der Waals surface area contributed by atoms with Crippen LogP contribution in [0.4, 0.5) is 0 Å². The Morgan fingerprint density at radius 2 is 1.74 bits per heavy atom. The molecular formula is C16H12BrNO. The molecule has 0 saturated carbocycles. The Balaban J connectivity index is 2.08. The van der Waals surface area contributed by atoms with Crippen LogP contribution in [0.3, 0.4) is 0 Å². The summed E-state index contributed by atoms with van der Waals surface area (Å²) in [4.78, 5) is 4.49. The Hall–Kier alpha value is -1.87. The van der Waals surface area contributed by atoms with Gasteiger partial charge in [0.2, 0.25) is 0 Å². The maximum absolute atomic E-state index is 5.17. The van der Waals surface area contributed by atoms with Crippen molar-refractivity contribution in [2.45, 2.75) is 0 Å². The molecule has 3 heteroatoms. The third-order valence-corrected chi connectivity index (χ3v) is 3.56. The van der Waals surface area contributed by atoms with E-state index in [1.807, 2.05) is 42.6 Å². The highest BCUT2D eigenvalue weighted by atomic mass is 79.9. The lowest BCUT2D eigenvalue weighted by Crippen LogP contribution is -1.85. The largest absolute Gasteiger partial charge is 0.497 e. The minimum absolute atomic E-state index is 0.861. The zero-order valence-corrected chi connectivity index (χ0v) is 12.0. The van der Waals surface area contributed by atoms with Crippen molar-refractivity contribution in [1.82, 2.24) is 4.98 Å². The quantitative estimate of drug-likeness (QED) is 0.685. The first-order valence-corrected chi connectivity index (χ1v) is 6.75. The van der Waals surface area contributed by atoms with Crippen molar-refractivity contribution >= 4 is 26.8 Å². The van der Waals surface area contributed by atoms with Crippen LogP contribution in [-0.4, -0.2) is 12.1 Å². The molecule has 1 heterocycles. The molecule has 0 bridgehead atoms. The highest BCUT2D eigenvalue weighted by Crippen LogP contribution is 2.26. The van der Waals surface area contributed by atoms with Gasteiger partial charge in [0.25, 0.3) is 0 Å². The fourth-order valence-corrected chi connectivity index (χ4v) is 2.42. The van der Waals surface area contributed by atoms with Gasteiger partial charge in [0.1, 0.15) is 5.75 Å². The van der Waals surface area contributed by atoms with Gasteiger partial charge in [-0.2, -0.15) is 0 Å². The molecule has 2 nitrogen and oxygen atoms in total. The second-order valence-corrected chi connectivity index (χ2v) is 5.21. The number of rotatable bonds is 2. The highest BCUT2D eigenvalue weighted by molar-refractivity contribution is 9.10. The molecule has 0 atom stereocenters. The molecule has 0 aliphatic heterocycles. The van der Waals surface area contributed by atoms with E-state index in [1.54, 1.807) is 7.11 Å². The van der Waals surface area contributed by atoms with E-state index in [4.69, 9.17) is 4.74 Å². The van der Waals surface area contributed by atoms with Gasteiger partial charge in [0.15, 0.2) is 0 Å². The van der Waals surface area contributed by atoms with Gasteiger partial charge in [-0.05, 0) is 42.0 Å². The first-order chi connectivity index (χ1) is 9.26. The summed E-state index contributed by atoms with van der Waals surface area (Å²) in [5.41, 5.74) is 3.24. The predicted octanol–water partition coefficient (Wildman–Crippen LogP) is 4.67. The minimum Gasteiger partial charge on any atom is -0.497 e. The average Bonchev–Trinajstić information content (AvgIpc) is 2.46. The van der Waals surface area contributed by atoms with Crippen molar-refractivity contribution in [1.29, 1.82) is 0 Å². The number of methoxy groups -OCH3 is 1. The normalized spacial score (nSPS) is 10.6. The third kappa shape index (κ3) is 2.47. The maximum atomic E-state index is 5.17. The fraction of sp³-hybridized carbons (Fsp3) is 0.0625. The number of ether oxygens (including phenoxy) is 1. The number of halogens is 1. The van der Waals surface area contributed by atoms with Crippen molar-refractivity contribution in [3.63, 3.8) is 0 Å². The third-order valence-electron chi connectivity index (χ3n) is 3.07. The predicted molar refractivity (Wildman–Crippen MR) is 81.4 cm³/mol. The van der Waals surface area contributed by atoms with Crippen molar-refractivity contribution in [2.24, 2.45) is 0 Å². The summed E-state index contributed by atoms with van der Waals surface area (Å²) >= 11 is 3.49. The molecule has 0 N–H and O–H groups in total. The van der Waals surface area contributed by atoms with Crippen molar-refractivity contribution < 1.29 is 4.74 Å². The van der Waals surface area contributed by atoms with Crippen molar-refractivity contribution in [3.8, 4) is 16.9 Å². The minimum atomic E-state index is 0.861. The number of hydrogen-bond acceptors (Lipinski definition) is 2. The first-order valence-electron chi connectivity index (χ1n) is 5.96. The number of aromatic nitrogens is 1. The van der Waals surface area contributed by atoms with Gasteiger partial charge in [-0.1, -0.05) is 28.1 Å². The van der Waals surface area contributed by atoms with E-state index < -0.39 is 0 Å². The Labute approximate surface area is 120 Å². The molecule has 0 aliphatic carbocycles. The number of pyridine rings is 1. The van der Waals surface area contributed by atoms with Gasteiger partial charge in [0.05, 0.1) is 12.6 Å².